The lowest BCUT2D eigenvalue weighted by atomic mass is 10.3. The summed E-state index contributed by atoms with van der Waals surface area (Å²) in [6.07, 6.45) is 0. The second-order valence-corrected chi connectivity index (χ2v) is 4.44. The fraction of sp³-hybridized carbons (Fsp3) is 0.111. The molecule has 0 fully saturated rings. The lowest BCUT2D eigenvalue weighted by molar-refractivity contribution is 0.662. The highest BCUT2D eigenvalue weighted by Crippen LogP contribution is 2.17. The summed E-state index contributed by atoms with van der Waals surface area (Å²) in [5, 5.41) is 17.4. The van der Waals surface area contributed by atoms with Gasteiger partial charge in [-0.05, 0) is 12.1 Å². The van der Waals surface area contributed by atoms with E-state index in [4.69, 9.17) is 5.84 Å². The average molecular weight is 247 g/mol. The maximum Gasteiger partial charge on any atom is 0.219 e. The van der Waals surface area contributed by atoms with Gasteiger partial charge in [0.15, 0.2) is 0 Å². The maximum absolute atomic E-state index is 5.25. The van der Waals surface area contributed by atoms with Crippen LogP contribution in [-0.4, -0.2) is 25.2 Å². The Labute approximate surface area is 100 Å². The van der Waals surface area contributed by atoms with E-state index in [1.165, 1.54) is 11.3 Å². The van der Waals surface area contributed by atoms with Crippen molar-refractivity contribution < 1.29 is 0 Å². The number of fused-ring (bicyclic) bond motifs is 1. The molecule has 7 nitrogen and oxygen atoms in total. The predicted molar refractivity (Wildman–Crippen MR) is 64.3 cm³/mol. The lowest BCUT2D eigenvalue weighted by Gasteiger charge is -1.97. The normalized spacial score (nSPS) is 10.9. The number of aromatic nitrogens is 5. The number of nitrogens with one attached hydrogen (secondary N) is 1. The summed E-state index contributed by atoms with van der Waals surface area (Å²) in [6, 6.07) is 7.78. The third-order valence-corrected chi connectivity index (χ3v) is 3.13. The van der Waals surface area contributed by atoms with Crippen molar-refractivity contribution in [1.82, 2.24) is 25.2 Å². The molecule has 0 bridgehead atoms. The molecule has 8 heteroatoms. The van der Waals surface area contributed by atoms with E-state index >= 15 is 0 Å². The van der Waals surface area contributed by atoms with E-state index in [2.05, 4.69) is 25.9 Å². The molecule has 3 N–H and O–H groups in total. The van der Waals surface area contributed by atoms with E-state index in [0.29, 0.717) is 11.7 Å². The molecule has 17 heavy (non-hydrogen) atoms. The van der Waals surface area contributed by atoms with Gasteiger partial charge in [0, 0.05) is 0 Å². The highest BCUT2D eigenvalue weighted by atomic mass is 32.1. The molecule has 0 amide bonds. The van der Waals surface area contributed by atoms with Gasteiger partial charge in [-0.25, -0.2) is 10.5 Å². The summed E-state index contributed by atoms with van der Waals surface area (Å²) >= 11 is 1.39. The minimum Gasteiger partial charge on any atom is -0.298 e. The van der Waals surface area contributed by atoms with Crippen LogP contribution in [-0.2, 0) is 6.54 Å². The quantitative estimate of drug-likeness (QED) is 0.520. The molecular weight excluding hydrogens is 238 g/mol. The molecule has 0 aliphatic carbocycles. The molecule has 0 saturated heterocycles. The topological polar surface area (TPSA) is 94.5 Å². The van der Waals surface area contributed by atoms with Gasteiger partial charge in [0.2, 0.25) is 5.13 Å². The summed E-state index contributed by atoms with van der Waals surface area (Å²) in [4.78, 5) is 0. The van der Waals surface area contributed by atoms with E-state index in [1.807, 2.05) is 24.3 Å². The Hall–Kier alpha value is -2.06. The van der Waals surface area contributed by atoms with Gasteiger partial charge in [-0.1, -0.05) is 28.7 Å². The predicted octanol–water partition coefficient (Wildman–Crippen LogP) is 0.617. The molecule has 3 rings (SSSR count). The Morgan fingerprint density at radius 1 is 1.24 bits per heavy atom. The number of hydrogen-bond acceptors (Lipinski definition) is 7. The van der Waals surface area contributed by atoms with Gasteiger partial charge < -0.3 is 0 Å². The van der Waals surface area contributed by atoms with Crippen molar-refractivity contribution in [3.63, 3.8) is 0 Å². The van der Waals surface area contributed by atoms with Crippen molar-refractivity contribution in [1.29, 1.82) is 0 Å². The highest BCUT2D eigenvalue weighted by molar-refractivity contribution is 7.15. The second kappa shape index (κ2) is 4.07. The van der Waals surface area contributed by atoms with Gasteiger partial charge in [-0.2, -0.15) is 0 Å². The number of para-hydroxylation sites is 1. The van der Waals surface area contributed by atoms with E-state index in [9.17, 15) is 0 Å². The summed E-state index contributed by atoms with van der Waals surface area (Å²) in [5.74, 6) is 5.25. The first-order valence-electron chi connectivity index (χ1n) is 4.94. The molecule has 0 spiro atoms. The standard InChI is InChI=1S/C9H9N7S/c10-11-9-14-13-8(17-9)5-16-7-4-2-1-3-6(7)12-15-16/h1-4H,5,10H2,(H,11,14). The zero-order valence-corrected chi connectivity index (χ0v) is 9.55. The fourth-order valence-corrected chi connectivity index (χ4v) is 2.17. The van der Waals surface area contributed by atoms with Crippen LogP contribution >= 0.6 is 11.3 Å². The Balaban J connectivity index is 1.94. The molecule has 0 radical (unpaired) electrons. The van der Waals surface area contributed by atoms with Crippen molar-refractivity contribution in [3.8, 4) is 0 Å². The Kier molecular flexibility index (Phi) is 2.42. The minimum atomic E-state index is 0.542. The first-order valence-corrected chi connectivity index (χ1v) is 5.75. The molecule has 0 saturated carbocycles. The summed E-state index contributed by atoms with van der Waals surface area (Å²) < 4.78 is 1.79. The van der Waals surface area contributed by atoms with Gasteiger partial charge in [0.25, 0.3) is 0 Å². The van der Waals surface area contributed by atoms with Gasteiger partial charge >= 0.3 is 0 Å². The van der Waals surface area contributed by atoms with Crippen LogP contribution < -0.4 is 11.3 Å². The van der Waals surface area contributed by atoms with Crippen LogP contribution in [0.25, 0.3) is 11.0 Å². The largest absolute Gasteiger partial charge is 0.298 e. The Bertz CT molecular complexity index is 643. The van der Waals surface area contributed by atoms with Crippen molar-refractivity contribution in [2.45, 2.75) is 6.54 Å². The number of benzene rings is 1. The van der Waals surface area contributed by atoms with E-state index in [-0.39, 0.29) is 0 Å². The van der Waals surface area contributed by atoms with Crippen molar-refractivity contribution in [2.75, 3.05) is 5.43 Å². The van der Waals surface area contributed by atoms with Crippen molar-refractivity contribution in [2.24, 2.45) is 5.84 Å². The summed E-state index contributed by atoms with van der Waals surface area (Å²) in [7, 11) is 0. The molecular formula is C9H9N7S. The molecule has 0 aliphatic rings. The van der Waals surface area contributed by atoms with Crippen LogP contribution in [0.4, 0.5) is 5.13 Å². The third kappa shape index (κ3) is 1.83. The summed E-state index contributed by atoms with van der Waals surface area (Å²) in [5.41, 5.74) is 4.31. The number of anilines is 1. The Morgan fingerprint density at radius 2 is 2.12 bits per heavy atom. The minimum absolute atomic E-state index is 0.542. The van der Waals surface area contributed by atoms with E-state index in [1.54, 1.807) is 4.68 Å². The monoisotopic (exact) mass is 247 g/mol. The molecule has 2 aromatic heterocycles. The molecule has 0 unspecified atom stereocenters. The Morgan fingerprint density at radius 3 is 2.94 bits per heavy atom. The zero-order chi connectivity index (χ0) is 11.7. The van der Waals surface area contributed by atoms with Crippen molar-refractivity contribution in [3.05, 3.63) is 29.3 Å². The third-order valence-electron chi connectivity index (χ3n) is 2.30. The van der Waals surface area contributed by atoms with Crippen LogP contribution in [0, 0.1) is 0 Å². The fourth-order valence-electron chi connectivity index (χ4n) is 1.54. The second-order valence-electron chi connectivity index (χ2n) is 3.38. The number of hydrazine groups is 1. The van der Waals surface area contributed by atoms with Crippen LogP contribution in [0.2, 0.25) is 0 Å². The SMILES string of the molecule is NNc1nnc(Cn2nnc3ccccc32)s1. The van der Waals surface area contributed by atoms with E-state index in [0.717, 1.165) is 16.0 Å². The molecule has 0 atom stereocenters. The molecule has 1 aromatic carbocycles. The average Bonchev–Trinajstić information content (AvgIpc) is 2.97. The zero-order valence-electron chi connectivity index (χ0n) is 8.74. The maximum atomic E-state index is 5.25. The molecule has 0 aliphatic heterocycles. The molecule has 2 heterocycles. The van der Waals surface area contributed by atoms with Gasteiger partial charge in [0.05, 0.1) is 12.1 Å². The van der Waals surface area contributed by atoms with Crippen molar-refractivity contribution >= 4 is 27.5 Å². The van der Waals surface area contributed by atoms with Gasteiger partial charge in [-0.15, -0.1) is 15.3 Å². The van der Waals surface area contributed by atoms with Crippen LogP contribution in [0.15, 0.2) is 24.3 Å². The van der Waals surface area contributed by atoms with Gasteiger partial charge in [0.1, 0.15) is 10.5 Å². The van der Waals surface area contributed by atoms with E-state index < -0.39 is 0 Å². The molecule has 3 aromatic rings. The highest BCUT2D eigenvalue weighted by Gasteiger charge is 2.07. The summed E-state index contributed by atoms with van der Waals surface area (Å²) in [6.45, 7) is 0.542. The number of nitrogens with two attached hydrogens (primary N) is 1. The lowest BCUT2D eigenvalue weighted by Crippen LogP contribution is -2.05. The van der Waals surface area contributed by atoms with Crippen LogP contribution in [0.3, 0.4) is 0 Å². The first kappa shape index (κ1) is 10.1. The number of hydrogen-bond donors (Lipinski definition) is 2. The smallest absolute Gasteiger partial charge is 0.219 e. The first-order chi connectivity index (χ1) is 8.36. The number of nitrogen functional groups attached to an aromatic ring is 1. The van der Waals surface area contributed by atoms with Crippen LogP contribution in [0.5, 0.6) is 0 Å². The van der Waals surface area contributed by atoms with Gasteiger partial charge in [-0.3, -0.25) is 5.43 Å². The number of nitrogens with zero attached hydrogens (tertiary/aromatic N) is 5. The number of rotatable bonds is 3. The van der Waals surface area contributed by atoms with Crippen LogP contribution in [0.1, 0.15) is 5.01 Å². The molecule has 86 valence electrons.